The van der Waals surface area contributed by atoms with E-state index in [9.17, 15) is 9.59 Å². The van der Waals surface area contributed by atoms with Crippen LogP contribution in [0.5, 0.6) is 0 Å². The molecule has 4 N–H and O–H groups in total. The van der Waals surface area contributed by atoms with E-state index in [0.717, 1.165) is 19.3 Å². The number of hydrogen-bond donors (Lipinski definition) is 3. The molecule has 0 amide bonds. The number of hydrogen-bond acceptors (Lipinski definition) is 4. The molecule has 0 saturated carbocycles. The minimum absolute atomic E-state index is 0.112. The number of H-pyrrole nitrogens is 1. The molecule has 20 heavy (non-hydrogen) atoms. The number of nitrogens with zero attached hydrogens (tertiary/aromatic N) is 1. The molecule has 2 atom stereocenters. The van der Waals surface area contributed by atoms with E-state index in [-0.39, 0.29) is 11.9 Å². The highest BCUT2D eigenvalue weighted by molar-refractivity contribution is 5.60. The van der Waals surface area contributed by atoms with Crippen molar-refractivity contribution in [1.82, 2.24) is 9.55 Å². The third kappa shape index (κ3) is 3.65. The highest BCUT2D eigenvalue weighted by Gasteiger charge is 2.16. The average molecular weight is 282 g/mol. The molecule has 0 aliphatic rings. The molecule has 0 radical (unpaired) electrons. The third-order valence-electron chi connectivity index (χ3n) is 3.84. The van der Waals surface area contributed by atoms with E-state index in [2.05, 4.69) is 24.1 Å². The Kier molecular flexibility index (Phi) is 5.85. The monoisotopic (exact) mass is 282 g/mol. The second-order valence-corrected chi connectivity index (χ2v) is 5.34. The lowest BCUT2D eigenvalue weighted by molar-refractivity contribution is 0.493. The first kappa shape index (κ1) is 16.3. The Morgan fingerprint density at radius 2 is 1.95 bits per heavy atom. The summed E-state index contributed by atoms with van der Waals surface area (Å²) < 4.78 is 1.43. The summed E-state index contributed by atoms with van der Waals surface area (Å²) in [5.41, 5.74) is 5.41. The van der Waals surface area contributed by atoms with E-state index in [4.69, 9.17) is 5.73 Å². The lowest BCUT2D eigenvalue weighted by Crippen LogP contribution is -2.36. The molecule has 6 nitrogen and oxygen atoms in total. The Bertz CT molecular complexity index is 547. The molecule has 1 aromatic rings. The van der Waals surface area contributed by atoms with Crippen molar-refractivity contribution < 1.29 is 0 Å². The van der Waals surface area contributed by atoms with Crippen LogP contribution in [0.15, 0.2) is 9.59 Å². The SMILES string of the molecule is CCCCn1c(N)c(NC(C)C(C)CC)c(=O)[nH]c1=O. The van der Waals surface area contributed by atoms with Gasteiger partial charge in [-0.25, -0.2) is 4.79 Å². The Morgan fingerprint density at radius 1 is 1.30 bits per heavy atom. The van der Waals surface area contributed by atoms with Crippen LogP contribution < -0.4 is 22.3 Å². The van der Waals surface area contributed by atoms with Crippen molar-refractivity contribution in [2.45, 2.75) is 59.5 Å². The predicted molar refractivity (Wildman–Crippen MR) is 83.2 cm³/mol. The lowest BCUT2D eigenvalue weighted by atomic mass is 10.0. The standard InChI is InChI=1S/C14H26N4O2/c1-5-7-8-18-12(15)11(13(19)17-14(18)20)16-10(4)9(3)6-2/h9-10,16H,5-8,15H2,1-4H3,(H,17,19,20). The van der Waals surface area contributed by atoms with Crippen LogP contribution >= 0.6 is 0 Å². The van der Waals surface area contributed by atoms with Crippen LogP contribution in [0.3, 0.4) is 0 Å². The summed E-state index contributed by atoms with van der Waals surface area (Å²) in [6.07, 6.45) is 2.80. The van der Waals surface area contributed by atoms with Gasteiger partial charge in [0.05, 0.1) is 0 Å². The molecule has 6 heteroatoms. The van der Waals surface area contributed by atoms with Gasteiger partial charge in [-0.3, -0.25) is 14.3 Å². The van der Waals surface area contributed by atoms with E-state index in [1.54, 1.807) is 0 Å². The van der Waals surface area contributed by atoms with Gasteiger partial charge in [-0.1, -0.05) is 33.6 Å². The minimum Gasteiger partial charge on any atom is -0.383 e. The molecule has 0 saturated heterocycles. The van der Waals surface area contributed by atoms with Gasteiger partial charge in [-0.2, -0.15) is 0 Å². The summed E-state index contributed by atoms with van der Waals surface area (Å²) >= 11 is 0. The van der Waals surface area contributed by atoms with Crippen LogP contribution in [0.2, 0.25) is 0 Å². The van der Waals surface area contributed by atoms with Crippen molar-refractivity contribution in [1.29, 1.82) is 0 Å². The minimum atomic E-state index is -0.449. The molecule has 114 valence electrons. The van der Waals surface area contributed by atoms with E-state index in [1.807, 2.05) is 13.8 Å². The number of nitrogens with one attached hydrogen (secondary N) is 2. The highest BCUT2D eigenvalue weighted by Crippen LogP contribution is 2.16. The first-order valence-electron chi connectivity index (χ1n) is 7.31. The van der Waals surface area contributed by atoms with Gasteiger partial charge in [0, 0.05) is 12.6 Å². The summed E-state index contributed by atoms with van der Waals surface area (Å²) in [6.45, 7) is 8.77. The second kappa shape index (κ2) is 7.17. The third-order valence-corrected chi connectivity index (χ3v) is 3.84. The molecule has 0 fully saturated rings. The van der Waals surface area contributed by atoms with Crippen LogP contribution in [0.4, 0.5) is 11.5 Å². The Balaban J connectivity index is 3.13. The number of anilines is 2. The second-order valence-electron chi connectivity index (χ2n) is 5.34. The van der Waals surface area contributed by atoms with Crippen molar-refractivity contribution in [3.63, 3.8) is 0 Å². The smallest absolute Gasteiger partial charge is 0.330 e. The van der Waals surface area contributed by atoms with Crippen molar-refractivity contribution >= 4 is 11.5 Å². The number of aromatic amines is 1. The first-order chi connectivity index (χ1) is 9.42. The highest BCUT2D eigenvalue weighted by atomic mass is 16.2. The number of rotatable bonds is 7. The largest absolute Gasteiger partial charge is 0.383 e. The van der Waals surface area contributed by atoms with Gasteiger partial charge >= 0.3 is 5.69 Å². The molecule has 0 bridgehead atoms. The molecule has 0 aliphatic heterocycles. The zero-order valence-electron chi connectivity index (χ0n) is 12.8. The topological polar surface area (TPSA) is 92.9 Å². The maximum Gasteiger partial charge on any atom is 0.330 e. The molecule has 0 aromatic carbocycles. The van der Waals surface area contributed by atoms with Crippen molar-refractivity contribution in [3.05, 3.63) is 20.8 Å². The number of nitrogens with two attached hydrogens (primary N) is 1. The Hall–Kier alpha value is -1.72. The zero-order chi connectivity index (χ0) is 15.3. The van der Waals surface area contributed by atoms with Gasteiger partial charge in [-0.05, 0) is 19.3 Å². The number of nitrogen functional groups attached to an aromatic ring is 1. The molecular formula is C14H26N4O2. The molecule has 2 unspecified atom stereocenters. The first-order valence-corrected chi connectivity index (χ1v) is 7.31. The fourth-order valence-electron chi connectivity index (χ4n) is 1.99. The van der Waals surface area contributed by atoms with Crippen molar-refractivity contribution in [2.24, 2.45) is 5.92 Å². The summed E-state index contributed by atoms with van der Waals surface area (Å²) in [6, 6.07) is 0.112. The van der Waals surface area contributed by atoms with Gasteiger partial charge in [0.2, 0.25) is 0 Å². The summed E-state index contributed by atoms with van der Waals surface area (Å²) in [4.78, 5) is 26.0. The maximum atomic E-state index is 11.9. The summed E-state index contributed by atoms with van der Waals surface area (Å²) in [5, 5.41) is 3.14. The molecule has 0 aliphatic carbocycles. The van der Waals surface area contributed by atoms with Crippen molar-refractivity contribution in [3.8, 4) is 0 Å². The number of unbranched alkanes of at least 4 members (excludes halogenated alkanes) is 1. The maximum absolute atomic E-state index is 11.9. The van der Waals surface area contributed by atoms with Gasteiger partial charge < -0.3 is 11.1 Å². The van der Waals surface area contributed by atoms with Gasteiger partial charge in [0.25, 0.3) is 5.56 Å². The van der Waals surface area contributed by atoms with Crippen LogP contribution in [0, 0.1) is 5.92 Å². The Labute approximate surface area is 119 Å². The molecule has 1 aromatic heterocycles. The molecule has 1 heterocycles. The normalized spacial score (nSPS) is 14.0. The van der Waals surface area contributed by atoms with Gasteiger partial charge in [0.1, 0.15) is 11.5 Å². The van der Waals surface area contributed by atoms with E-state index in [1.165, 1.54) is 4.57 Å². The zero-order valence-corrected chi connectivity index (χ0v) is 12.8. The quantitative estimate of drug-likeness (QED) is 0.710. The van der Waals surface area contributed by atoms with Gasteiger partial charge in [-0.15, -0.1) is 0 Å². The number of aromatic nitrogens is 2. The van der Waals surface area contributed by atoms with Gasteiger partial charge in [0.15, 0.2) is 0 Å². The van der Waals surface area contributed by atoms with Crippen LogP contribution in [-0.4, -0.2) is 15.6 Å². The lowest BCUT2D eigenvalue weighted by Gasteiger charge is -2.22. The van der Waals surface area contributed by atoms with Crippen molar-refractivity contribution in [2.75, 3.05) is 11.1 Å². The predicted octanol–water partition coefficient (Wildman–Crippen LogP) is 1.77. The molecule has 1 rings (SSSR count). The van der Waals surface area contributed by atoms with E-state index >= 15 is 0 Å². The summed E-state index contributed by atoms with van der Waals surface area (Å²) in [5.74, 6) is 0.632. The summed E-state index contributed by atoms with van der Waals surface area (Å²) in [7, 11) is 0. The van der Waals surface area contributed by atoms with E-state index < -0.39 is 11.2 Å². The van der Waals surface area contributed by atoms with Crippen LogP contribution in [-0.2, 0) is 6.54 Å². The fourth-order valence-corrected chi connectivity index (χ4v) is 1.99. The Morgan fingerprint density at radius 3 is 2.50 bits per heavy atom. The molecule has 0 spiro atoms. The average Bonchev–Trinajstić information content (AvgIpc) is 2.42. The van der Waals surface area contributed by atoms with Crippen LogP contribution in [0.1, 0.15) is 47.0 Å². The molecular weight excluding hydrogens is 256 g/mol. The van der Waals surface area contributed by atoms with E-state index in [0.29, 0.717) is 18.2 Å². The van der Waals surface area contributed by atoms with Crippen LogP contribution in [0.25, 0.3) is 0 Å². The fraction of sp³-hybridized carbons (Fsp3) is 0.714.